The third kappa shape index (κ3) is 5.54. The van der Waals surface area contributed by atoms with Crippen LogP contribution in [-0.2, 0) is 24.4 Å². The first-order valence-electron chi connectivity index (χ1n) is 8.64. The van der Waals surface area contributed by atoms with Crippen molar-refractivity contribution in [3.8, 4) is 5.75 Å². The molecule has 1 aromatic carbocycles. The molecule has 0 unspecified atom stereocenters. The quantitative estimate of drug-likeness (QED) is 0.456. The molecule has 0 aliphatic heterocycles. The molecule has 0 spiro atoms. The predicted molar refractivity (Wildman–Crippen MR) is 93.7 cm³/mol. The van der Waals surface area contributed by atoms with Gasteiger partial charge in [0, 0.05) is 6.92 Å². The van der Waals surface area contributed by atoms with Crippen molar-refractivity contribution >= 4 is 22.1 Å². The summed E-state index contributed by atoms with van der Waals surface area (Å²) in [5, 5.41) is 0. The topological polar surface area (TPSA) is 107 Å². The van der Waals surface area contributed by atoms with Gasteiger partial charge in [-0.2, -0.15) is 8.42 Å². The second-order valence-electron chi connectivity index (χ2n) is 6.53. The van der Waals surface area contributed by atoms with Gasteiger partial charge in [-0.05, 0) is 48.9 Å². The molecule has 2 rings (SSSR count). The molecule has 0 bridgehead atoms. The summed E-state index contributed by atoms with van der Waals surface area (Å²) in [6.07, 6.45) is 4.62. The van der Waals surface area contributed by atoms with Crippen molar-refractivity contribution in [3.05, 3.63) is 23.3 Å². The molecule has 1 fully saturated rings. The SMILES string of the molecule is CC(=O)OCCC(=O)Oc1cc(C2CCCCC2)c(S(=O)(=O)O)cc1C. The molecule has 1 aromatic rings. The predicted octanol–water partition coefficient (Wildman–Crippen LogP) is 3.15. The van der Waals surface area contributed by atoms with E-state index in [-0.39, 0.29) is 29.6 Å². The summed E-state index contributed by atoms with van der Waals surface area (Å²) < 4.78 is 43.2. The highest BCUT2D eigenvalue weighted by Gasteiger charge is 2.26. The Balaban J connectivity index is 2.27. The number of hydrogen-bond donors (Lipinski definition) is 1. The normalized spacial score (nSPS) is 15.5. The molecule has 0 amide bonds. The molecule has 144 valence electrons. The van der Waals surface area contributed by atoms with Crippen LogP contribution in [0.1, 0.15) is 62.5 Å². The first kappa shape index (κ1) is 20.4. The molecule has 8 heteroatoms. The van der Waals surface area contributed by atoms with E-state index in [0.717, 1.165) is 32.1 Å². The van der Waals surface area contributed by atoms with Gasteiger partial charge in [0.05, 0.1) is 11.3 Å². The lowest BCUT2D eigenvalue weighted by Gasteiger charge is -2.24. The van der Waals surface area contributed by atoms with Crippen LogP contribution < -0.4 is 4.74 Å². The summed E-state index contributed by atoms with van der Waals surface area (Å²) in [7, 11) is -4.37. The van der Waals surface area contributed by atoms with Gasteiger partial charge in [0.25, 0.3) is 10.1 Å². The molecule has 0 atom stereocenters. The highest BCUT2D eigenvalue weighted by Crippen LogP contribution is 2.39. The Morgan fingerprint density at radius 1 is 1.19 bits per heavy atom. The largest absolute Gasteiger partial charge is 0.465 e. The van der Waals surface area contributed by atoms with Gasteiger partial charge in [0.1, 0.15) is 12.4 Å². The van der Waals surface area contributed by atoms with Gasteiger partial charge in [-0.25, -0.2) is 0 Å². The average molecular weight is 384 g/mol. The van der Waals surface area contributed by atoms with E-state index in [0.29, 0.717) is 11.1 Å². The number of carbonyl (C=O) groups is 2. The molecule has 0 saturated heterocycles. The van der Waals surface area contributed by atoms with Crippen LogP contribution in [0, 0.1) is 6.92 Å². The summed E-state index contributed by atoms with van der Waals surface area (Å²) in [4.78, 5) is 22.5. The summed E-state index contributed by atoms with van der Waals surface area (Å²) in [6, 6.07) is 2.88. The monoisotopic (exact) mass is 384 g/mol. The summed E-state index contributed by atoms with van der Waals surface area (Å²) in [5.74, 6) is -0.805. The molecule has 1 aliphatic carbocycles. The van der Waals surface area contributed by atoms with Crippen LogP contribution >= 0.6 is 0 Å². The van der Waals surface area contributed by atoms with Gasteiger partial charge in [0.2, 0.25) is 0 Å². The lowest BCUT2D eigenvalue weighted by molar-refractivity contribution is -0.143. The van der Waals surface area contributed by atoms with E-state index in [1.165, 1.54) is 19.1 Å². The lowest BCUT2D eigenvalue weighted by Crippen LogP contribution is -2.15. The van der Waals surface area contributed by atoms with E-state index in [2.05, 4.69) is 0 Å². The van der Waals surface area contributed by atoms with Crippen molar-refractivity contribution in [2.75, 3.05) is 6.61 Å². The van der Waals surface area contributed by atoms with Crippen molar-refractivity contribution in [3.63, 3.8) is 0 Å². The molecule has 1 N–H and O–H groups in total. The van der Waals surface area contributed by atoms with E-state index in [1.54, 1.807) is 6.92 Å². The van der Waals surface area contributed by atoms with Crippen molar-refractivity contribution < 1.29 is 32.0 Å². The van der Waals surface area contributed by atoms with Crippen molar-refractivity contribution in [2.45, 2.75) is 63.2 Å². The van der Waals surface area contributed by atoms with Gasteiger partial charge in [0.15, 0.2) is 0 Å². The smallest absolute Gasteiger partial charge is 0.314 e. The fourth-order valence-corrected chi connectivity index (χ4v) is 4.04. The van der Waals surface area contributed by atoms with Crippen LogP contribution in [0.3, 0.4) is 0 Å². The third-order valence-corrected chi connectivity index (χ3v) is 5.37. The van der Waals surface area contributed by atoms with Gasteiger partial charge in [-0.3, -0.25) is 14.1 Å². The maximum atomic E-state index is 11.9. The molecule has 1 saturated carbocycles. The van der Waals surface area contributed by atoms with Crippen LogP contribution in [0.15, 0.2) is 17.0 Å². The minimum atomic E-state index is -4.37. The first-order valence-corrected chi connectivity index (χ1v) is 10.1. The number of carbonyl (C=O) groups excluding carboxylic acids is 2. The molecular weight excluding hydrogens is 360 g/mol. The maximum Gasteiger partial charge on any atom is 0.314 e. The molecule has 0 radical (unpaired) electrons. The van der Waals surface area contributed by atoms with E-state index in [4.69, 9.17) is 9.47 Å². The Bertz CT molecular complexity index is 777. The molecule has 0 heterocycles. The summed E-state index contributed by atoms with van der Waals surface area (Å²) >= 11 is 0. The number of ether oxygens (including phenoxy) is 2. The van der Waals surface area contributed by atoms with E-state index < -0.39 is 22.1 Å². The fourth-order valence-electron chi connectivity index (χ4n) is 3.20. The number of rotatable bonds is 6. The fraction of sp³-hybridized carbons (Fsp3) is 0.556. The van der Waals surface area contributed by atoms with Crippen molar-refractivity contribution in [2.24, 2.45) is 0 Å². The Kier molecular flexibility index (Phi) is 6.77. The molecule has 0 aromatic heterocycles. The minimum Gasteiger partial charge on any atom is -0.465 e. The zero-order chi connectivity index (χ0) is 19.3. The Hall–Kier alpha value is -1.93. The highest BCUT2D eigenvalue weighted by atomic mass is 32.2. The van der Waals surface area contributed by atoms with Crippen LogP contribution in [0.5, 0.6) is 5.75 Å². The second kappa shape index (κ2) is 8.64. The summed E-state index contributed by atoms with van der Waals surface area (Å²) in [6.45, 7) is 2.78. The van der Waals surface area contributed by atoms with E-state index >= 15 is 0 Å². The Morgan fingerprint density at radius 2 is 1.85 bits per heavy atom. The minimum absolute atomic E-state index is 0.000210. The van der Waals surface area contributed by atoms with E-state index in [9.17, 15) is 22.6 Å². The number of benzene rings is 1. The Labute approximate surface area is 153 Å². The van der Waals surface area contributed by atoms with Crippen molar-refractivity contribution in [1.82, 2.24) is 0 Å². The average Bonchev–Trinajstić information content (AvgIpc) is 2.56. The van der Waals surface area contributed by atoms with E-state index in [1.807, 2.05) is 0 Å². The third-order valence-electron chi connectivity index (χ3n) is 4.47. The lowest BCUT2D eigenvalue weighted by atomic mass is 9.83. The van der Waals surface area contributed by atoms with Gasteiger partial charge in [-0.1, -0.05) is 19.3 Å². The molecule has 1 aliphatic rings. The standard InChI is InChI=1S/C18H24O7S/c1-12-10-17(26(21,22)23)15(14-6-4-3-5-7-14)11-16(12)25-18(20)8-9-24-13(2)19/h10-11,14H,3-9H2,1-2H3,(H,21,22,23). The summed E-state index contributed by atoms with van der Waals surface area (Å²) in [5.41, 5.74) is 0.915. The highest BCUT2D eigenvalue weighted by molar-refractivity contribution is 7.85. The Morgan fingerprint density at radius 3 is 2.42 bits per heavy atom. The van der Waals surface area contributed by atoms with Crippen molar-refractivity contribution in [1.29, 1.82) is 0 Å². The van der Waals surface area contributed by atoms with Gasteiger partial charge >= 0.3 is 11.9 Å². The zero-order valence-electron chi connectivity index (χ0n) is 15.0. The molecular formula is C18H24O7S. The van der Waals surface area contributed by atoms with Crippen LogP contribution in [-0.4, -0.2) is 31.5 Å². The number of aryl methyl sites for hydroxylation is 1. The molecule has 7 nitrogen and oxygen atoms in total. The zero-order valence-corrected chi connectivity index (χ0v) is 15.8. The number of hydrogen-bond acceptors (Lipinski definition) is 6. The maximum absolute atomic E-state index is 11.9. The second-order valence-corrected chi connectivity index (χ2v) is 7.92. The van der Waals surface area contributed by atoms with Crippen LogP contribution in [0.2, 0.25) is 0 Å². The molecule has 26 heavy (non-hydrogen) atoms. The van der Waals surface area contributed by atoms with Crippen LogP contribution in [0.4, 0.5) is 0 Å². The van der Waals surface area contributed by atoms with Gasteiger partial charge in [-0.15, -0.1) is 0 Å². The first-order chi connectivity index (χ1) is 12.2. The van der Waals surface area contributed by atoms with Crippen LogP contribution in [0.25, 0.3) is 0 Å². The number of esters is 2. The van der Waals surface area contributed by atoms with Gasteiger partial charge < -0.3 is 9.47 Å².